The highest BCUT2D eigenvalue weighted by atomic mass is 16.5. The molecule has 2 aromatic rings. The van der Waals surface area contributed by atoms with E-state index in [1.165, 1.54) is 0 Å². The molecule has 24 heavy (non-hydrogen) atoms. The molecule has 7 heteroatoms. The summed E-state index contributed by atoms with van der Waals surface area (Å²) in [6.45, 7) is 3.18. The van der Waals surface area contributed by atoms with E-state index in [1.54, 1.807) is 38.1 Å². The summed E-state index contributed by atoms with van der Waals surface area (Å²) in [5.41, 5.74) is 2.35. The standard InChI is InChI=1S/C17H17N3O4/c1-11-14(12(2)24-20-11)7-8-17(22)23-10-16(21)19-15-6-4-3-5-13(15)9-18/h3-6H,7-8,10H2,1-2H3,(H,19,21). The molecule has 1 amide bonds. The van der Waals surface area contributed by atoms with E-state index in [-0.39, 0.29) is 6.42 Å². The number of nitrogens with zero attached hydrogens (tertiary/aromatic N) is 2. The quantitative estimate of drug-likeness (QED) is 0.816. The molecule has 0 saturated heterocycles. The van der Waals surface area contributed by atoms with Crippen molar-refractivity contribution in [3.05, 3.63) is 46.8 Å². The van der Waals surface area contributed by atoms with Gasteiger partial charge in [-0.1, -0.05) is 17.3 Å². The molecule has 0 aliphatic rings. The minimum atomic E-state index is -0.497. The van der Waals surface area contributed by atoms with E-state index in [2.05, 4.69) is 10.5 Å². The zero-order valence-corrected chi connectivity index (χ0v) is 13.5. The number of esters is 1. The fourth-order valence-electron chi connectivity index (χ4n) is 2.18. The Morgan fingerprint density at radius 3 is 2.75 bits per heavy atom. The number of benzene rings is 1. The summed E-state index contributed by atoms with van der Waals surface area (Å²) in [4.78, 5) is 23.5. The molecule has 1 heterocycles. The average Bonchev–Trinajstić information content (AvgIpc) is 2.90. The van der Waals surface area contributed by atoms with Crippen molar-refractivity contribution in [1.82, 2.24) is 5.16 Å². The van der Waals surface area contributed by atoms with E-state index in [1.807, 2.05) is 6.07 Å². The van der Waals surface area contributed by atoms with Crippen LogP contribution in [-0.2, 0) is 20.7 Å². The van der Waals surface area contributed by atoms with Crippen LogP contribution in [0.25, 0.3) is 0 Å². The lowest BCUT2D eigenvalue weighted by atomic mass is 10.1. The zero-order chi connectivity index (χ0) is 17.5. The van der Waals surface area contributed by atoms with Gasteiger partial charge in [-0.05, 0) is 32.4 Å². The second kappa shape index (κ2) is 7.92. The molecular weight excluding hydrogens is 310 g/mol. The molecule has 0 radical (unpaired) electrons. The normalized spacial score (nSPS) is 10.0. The predicted octanol–water partition coefficient (Wildman–Crippen LogP) is 2.28. The van der Waals surface area contributed by atoms with Crippen LogP contribution >= 0.6 is 0 Å². The molecule has 0 aliphatic heterocycles. The number of nitriles is 1. The van der Waals surface area contributed by atoms with Crippen molar-refractivity contribution in [2.24, 2.45) is 0 Å². The van der Waals surface area contributed by atoms with Gasteiger partial charge in [-0.2, -0.15) is 5.26 Å². The van der Waals surface area contributed by atoms with Crippen LogP contribution in [0.15, 0.2) is 28.8 Å². The number of hydrogen-bond acceptors (Lipinski definition) is 6. The molecule has 0 saturated carbocycles. The Morgan fingerprint density at radius 1 is 1.33 bits per heavy atom. The van der Waals surface area contributed by atoms with Crippen molar-refractivity contribution in [2.45, 2.75) is 26.7 Å². The van der Waals surface area contributed by atoms with Crippen LogP contribution in [0.5, 0.6) is 0 Å². The number of hydrogen-bond donors (Lipinski definition) is 1. The number of amides is 1. The van der Waals surface area contributed by atoms with Gasteiger partial charge >= 0.3 is 5.97 Å². The van der Waals surface area contributed by atoms with Crippen molar-refractivity contribution < 1.29 is 18.8 Å². The van der Waals surface area contributed by atoms with E-state index >= 15 is 0 Å². The molecule has 0 fully saturated rings. The molecule has 0 atom stereocenters. The molecule has 0 bridgehead atoms. The first-order valence-corrected chi connectivity index (χ1v) is 7.37. The largest absolute Gasteiger partial charge is 0.456 e. The van der Waals surface area contributed by atoms with E-state index in [0.717, 1.165) is 11.3 Å². The van der Waals surface area contributed by atoms with Gasteiger partial charge < -0.3 is 14.6 Å². The SMILES string of the molecule is Cc1noc(C)c1CCC(=O)OCC(=O)Nc1ccccc1C#N. The molecule has 1 N–H and O–H groups in total. The third-order valence-corrected chi connectivity index (χ3v) is 3.45. The maximum absolute atomic E-state index is 11.8. The van der Waals surface area contributed by atoms with Gasteiger partial charge in [-0.3, -0.25) is 9.59 Å². The summed E-state index contributed by atoms with van der Waals surface area (Å²) in [5, 5.41) is 15.3. The first kappa shape index (κ1) is 17.2. The number of anilines is 1. The topological polar surface area (TPSA) is 105 Å². The molecule has 0 spiro atoms. The highest BCUT2D eigenvalue weighted by Crippen LogP contribution is 2.15. The van der Waals surface area contributed by atoms with Crippen molar-refractivity contribution in [3.63, 3.8) is 0 Å². The fraction of sp³-hybridized carbons (Fsp3) is 0.294. The molecule has 1 aromatic heterocycles. The van der Waals surface area contributed by atoms with Gasteiger partial charge in [0.25, 0.3) is 5.91 Å². The molecule has 124 valence electrons. The van der Waals surface area contributed by atoms with Crippen LogP contribution in [0.3, 0.4) is 0 Å². The van der Waals surface area contributed by atoms with Crippen molar-refractivity contribution >= 4 is 17.6 Å². The lowest BCUT2D eigenvalue weighted by Gasteiger charge is -2.07. The summed E-state index contributed by atoms with van der Waals surface area (Å²) < 4.78 is 9.96. The van der Waals surface area contributed by atoms with E-state index < -0.39 is 18.5 Å². The Hall–Kier alpha value is -3.14. The van der Waals surface area contributed by atoms with Crippen LogP contribution in [0, 0.1) is 25.2 Å². The second-order valence-corrected chi connectivity index (χ2v) is 5.17. The first-order valence-electron chi connectivity index (χ1n) is 7.37. The van der Waals surface area contributed by atoms with Crippen LogP contribution in [0.2, 0.25) is 0 Å². The number of aryl methyl sites for hydroxylation is 2. The summed E-state index contributed by atoms with van der Waals surface area (Å²) in [6, 6.07) is 8.57. The third kappa shape index (κ3) is 4.43. The molecular formula is C17H17N3O4. The average molecular weight is 327 g/mol. The summed E-state index contributed by atoms with van der Waals surface area (Å²) in [6.07, 6.45) is 0.573. The molecule has 0 unspecified atom stereocenters. The van der Waals surface area contributed by atoms with Crippen LogP contribution < -0.4 is 5.32 Å². The summed E-state index contributed by atoms with van der Waals surface area (Å²) >= 11 is 0. The lowest BCUT2D eigenvalue weighted by Crippen LogP contribution is -2.21. The van der Waals surface area contributed by atoms with Crippen LogP contribution in [0.4, 0.5) is 5.69 Å². The van der Waals surface area contributed by atoms with Crippen molar-refractivity contribution in [2.75, 3.05) is 11.9 Å². The Kier molecular flexibility index (Phi) is 5.68. The number of para-hydroxylation sites is 1. The lowest BCUT2D eigenvalue weighted by molar-refractivity contribution is -0.147. The highest BCUT2D eigenvalue weighted by Gasteiger charge is 2.13. The number of rotatable bonds is 6. The Balaban J connectivity index is 1.79. The molecule has 1 aromatic carbocycles. The van der Waals surface area contributed by atoms with Gasteiger partial charge in [0.2, 0.25) is 0 Å². The van der Waals surface area contributed by atoms with Crippen LogP contribution in [-0.4, -0.2) is 23.6 Å². The van der Waals surface area contributed by atoms with E-state index in [9.17, 15) is 9.59 Å². The monoisotopic (exact) mass is 327 g/mol. The molecule has 2 rings (SSSR count). The maximum atomic E-state index is 11.8. The van der Waals surface area contributed by atoms with Crippen molar-refractivity contribution in [3.8, 4) is 6.07 Å². The van der Waals surface area contributed by atoms with Crippen LogP contribution in [0.1, 0.15) is 29.0 Å². The van der Waals surface area contributed by atoms with Gasteiger partial charge in [0, 0.05) is 12.0 Å². The summed E-state index contributed by atoms with van der Waals surface area (Å²) in [7, 11) is 0. The number of nitrogens with one attached hydrogen (secondary N) is 1. The smallest absolute Gasteiger partial charge is 0.306 e. The first-order chi connectivity index (χ1) is 11.5. The molecule has 7 nitrogen and oxygen atoms in total. The molecule has 0 aliphatic carbocycles. The van der Waals surface area contributed by atoms with Gasteiger partial charge in [0.1, 0.15) is 11.8 Å². The number of carbonyl (C=O) groups is 2. The zero-order valence-electron chi connectivity index (χ0n) is 13.5. The van der Waals surface area contributed by atoms with E-state index in [0.29, 0.717) is 23.4 Å². The minimum absolute atomic E-state index is 0.130. The Labute approximate surface area is 139 Å². The van der Waals surface area contributed by atoms with E-state index in [4.69, 9.17) is 14.5 Å². The summed E-state index contributed by atoms with van der Waals surface area (Å²) in [5.74, 6) is -0.312. The van der Waals surface area contributed by atoms with Gasteiger partial charge in [0.05, 0.1) is 16.9 Å². The highest BCUT2D eigenvalue weighted by molar-refractivity contribution is 5.93. The number of ether oxygens (including phenoxy) is 1. The van der Waals surface area contributed by atoms with Gasteiger partial charge in [0.15, 0.2) is 6.61 Å². The Bertz CT molecular complexity index is 770. The van der Waals surface area contributed by atoms with Crippen molar-refractivity contribution in [1.29, 1.82) is 5.26 Å². The Morgan fingerprint density at radius 2 is 2.08 bits per heavy atom. The predicted molar refractivity (Wildman–Crippen MR) is 85.0 cm³/mol. The minimum Gasteiger partial charge on any atom is -0.456 e. The third-order valence-electron chi connectivity index (χ3n) is 3.45. The number of aromatic nitrogens is 1. The second-order valence-electron chi connectivity index (χ2n) is 5.17. The van der Waals surface area contributed by atoms with Gasteiger partial charge in [-0.25, -0.2) is 0 Å². The fourth-order valence-corrected chi connectivity index (χ4v) is 2.18. The van der Waals surface area contributed by atoms with Gasteiger partial charge in [-0.15, -0.1) is 0 Å². The maximum Gasteiger partial charge on any atom is 0.306 e. The number of carbonyl (C=O) groups excluding carboxylic acids is 2.